The van der Waals surface area contributed by atoms with E-state index in [4.69, 9.17) is 0 Å². The SMILES string of the molecule is CC(Br)C(=O)P.CCC(C)c1ccc(C)cc1.CCCNCCC. The van der Waals surface area contributed by atoms with Crippen LogP contribution in [0, 0.1) is 6.92 Å². The molecule has 1 rings (SSSR count). The van der Waals surface area contributed by atoms with Crippen molar-refractivity contribution in [1.82, 2.24) is 5.32 Å². The third-order valence-corrected chi connectivity index (χ3v) is 4.94. The molecule has 0 saturated heterocycles. The number of hydrogen-bond acceptors (Lipinski definition) is 2. The Morgan fingerprint density at radius 2 is 1.50 bits per heavy atom. The summed E-state index contributed by atoms with van der Waals surface area (Å²) >= 11 is 3.07. The molecular weight excluding hydrogens is 381 g/mol. The van der Waals surface area contributed by atoms with Gasteiger partial charge in [-0.25, -0.2) is 0 Å². The highest BCUT2D eigenvalue weighted by Crippen LogP contribution is 2.18. The number of carbonyl (C=O) groups is 1. The Balaban J connectivity index is 0. The lowest BCUT2D eigenvalue weighted by Gasteiger charge is -2.07. The van der Waals surface area contributed by atoms with Crippen molar-refractivity contribution in [1.29, 1.82) is 0 Å². The van der Waals surface area contributed by atoms with Crippen LogP contribution < -0.4 is 5.32 Å². The zero-order valence-corrected chi connectivity index (χ0v) is 19.1. The van der Waals surface area contributed by atoms with Crippen LogP contribution in [0.4, 0.5) is 0 Å². The van der Waals surface area contributed by atoms with Crippen LogP contribution in [0.2, 0.25) is 0 Å². The first-order valence-electron chi connectivity index (χ1n) is 9.00. The van der Waals surface area contributed by atoms with Gasteiger partial charge in [-0.15, -0.1) is 0 Å². The maximum absolute atomic E-state index is 10.1. The van der Waals surface area contributed by atoms with Gasteiger partial charge in [0.1, 0.15) is 0 Å². The molecule has 0 spiro atoms. The number of nitrogens with one attached hydrogen (secondary N) is 1. The first-order valence-corrected chi connectivity index (χ1v) is 10.5. The van der Waals surface area contributed by atoms with E-state index in [1.165, 1.54) is 43.5 Å². The van der Waals surface area contributed by atoms with E-state index in [-0.39, 0.29) is 10.4 Å². The second kappa shape index (κ2) is 17.6. The van der Waals surface area contributed by atoms with Crippen LogP contribution in [0.3, 0.4) is 0 Å². The summed E-state index contributed by atoms with van der Waals surface area (Å²) in [6, 6.07) is 8.82. The van der Waals surface area contributed by atoms with E-state index in [2.05, 4.69) is 89.4 Å². The highest BCUT2D eigenvalue weighted by molar-refractivity contribution is 9.10. The predicted octanol–water partition coefficient (Wildman–Crippen LogP) is 6.08. The summed E-state index contributed by atoms with van der Waals surface area (Å²) < 4.78 is 0. The van der Waals surface area contributed by atoms with Gasteiger partial charge in [-0.05, 0) is 57.7 Å². The summed E-state index contributed by atoms with van der Waals surface area (Å²) in [6.07, 6.45) is 3.73. The standard InChI is InChI=1S/C11H16.C6H15N.C3H6BrOP/c1-4-10(3)11-7-5-9(2)6-8-11;1-3-5-7-6-4-2;1-2(4)3(5)6/h5-8,10H,4H2,1-3H3;7H,3-6H2,1-2H3;2H,6H2,1H3. The molecule has 0 aliphatic heterocycles. The fraction of sp³-hybridized carbons (Fsp3) is 0.650. The molecule has 0 bridgehead atoms. The fourth-order valence-corrected chi connectivity index (χ4v) is 1.61. The van der Waals surface area contributed by atoms with Gasteiger partial charge in [-0.1, -0.05) is 82.7 Å². The molecule has 1 aromatic carbocycles. The molecule has 4 heteroatoms. The molecule has 0 heterocycles. The van der Waals surface area contributed by atoms with Gasteiger partial charge in [-0.2, -0.15) is 0 Å². The van der Waals surface area contributed by atoms with Gasteiger partial charge >= 0.3 is 0 Å². The Morgan fingerprint density at radius 3 is 1.79 bits per heavy atom. The number of alkyl halides is 1. The third kappa shape index (κ3) is 16.6. The van der Waals surface area contributed by atoms with E-state index in [9.17, 15) is 4.79 Å². The van der Waals surface area contributed by atoms with Crippen LogP contribution in [0.25, 0.3) is 0 Å². The summed E-state index contributed by atoms with van der Waals surface area (Å²) in [4.78, 5) is 10.0. The summed E-state index contributed by atoms with van der Waals surface area (Å²) in [6.45, 7) is 15.1. The molecule has 0 aliphatic carbocycles. The van der Waals surface area contributed by atoms with E-state index in [0.717, 1.165) is 0 Å². The van der Waals surface area contributed by atoms with Crippen molar-refractivity contribution in [3.63, 3.8) is 0 Å². The second-order valence-corrected chi connectivity index (χ2v) is 7.93. The molecule has 3 atom stereocenters. The highest BCUT2D eigenvalue weighted by atomic mass is 79.9. The largest absolute Gasteiger partial charge is 0.317 e. The Bertz CT molecular complexity index is 403. The molecule has 3 unspecified atom stereocenters. The van der Waals surface area contributed by atoms with Crippen LogP contribution in [-0.2, 0) is 4.79 Å². The topological polar surface area (TPSA) is 29.1 Å². The summed E-state index contributed by atoms with van der Waals surface area (Å²) in [5.74, 6) is 0.704. The van der Waals surface area contributed by atoms with Gasteiger partial charge in [0.25, 0.3) is 0 Å². The van der Waals surface area contributed by atoms with Crippen molar-refractivity contribution >= 4 is 30.7 Å². The molecule has 1 aromatic rings. The zero-order valence-electron chi connectivity index (χ0n) is 16.4. The number of benzene rings is 1. The Morgan fingerprint density at radius 1 is 1.08 bits per heavy atom. The molecule has 0 aromatic heterocycles. The van der Waals surface area contributed by atoms with Crippen LogP contribution in [-0.4, -0.2) is 23.4 Å². The van der Waals surface area contributed by atoms with Crippen molar-refractivity contribution in [2.75, 3.05) is 13.1 Å². The van der Waals surface area contributed by atoms with Crippen molar-refractivity contribution in [2.24, 2.45) is 0 Å². The summed E-state index contributed by atoms with van der Waals surface area (Å²) in [7, 11) is 2.09. The molecule has 24 heavy (non-hydrogen) atoms. The Labute approximate surface area is 160 Å². The Kier molecular flexibility index (Phi) is 19.0. The fourth-order valence-electron chi connectivity index (χ4n) is 1.61. The second-order valence-electron chi connectivity index (χ2n) is 5.99. The molecule has 0 saturated carbocycles. The van der Waals surface area contributed by atoms with E-state index in [1.807, 2.05) is 0 Å². The van der Waals surface area contributed by atoms with E-state index >= 15 is 0 Å². The lowest BCUT2D eigenvalue weighted by molar-refractivity contribution is -0.110. The lowest BCUT2D eigenvalue weighted by atomic mass is 9.98. The monoisotopic (exact) mass is 417 g/mol. The summed E-state index contributed by atoms with van der Waals surface area (Å²) in [5, 5.41) is 3.28. The predicted molar refractivity (Wildman–Crippen MR) is 116 cm³/mol. The van der Waals surface area contributed by atoms with Gasteiger partial charge in [0.2, 0.25) is 0 Å². The molecule has 1 N–H and O–H groups in total. The maximum Gasteiger partial charge on any atom is 0.161 e. The molecule has 0 aliphatic rings. The van der Waals surface area contributed by atoms with Crippen LogP contribution in [0.5, 0.6) is 0 Å². The minimum Gasteiger partial charge on any atom is -0.317 e. The number of aryl methyl sites for hydroxylation is 1. The third-order valence-electron chi connectivity index (χ3n) is 3.50. The van der Waals surface area contributed by atoms with Crippen LogP contribution >= 0.6 is 25.2 Å². The van der Waals surface area contributed by atoms with Gasteiger partial charge in [0.05, 0.1) is 4.83 Å². The highest BCUT2D eigenvalue weighted by Gasteiger charge is 2.00. The number of hydrogen-bond donors (Lipinski definition) is 1. The Hall–Kier alpha value is -0.240. The van der Waals surface area contributed by atoms with E-state index < -0.39 is 0 Å². The first kappa shape index (κ1) is 26.0. The molecule has 0 radical (unpaired) electrons. The van der Waals surface area contributed by atoms with Crippen molar-refractivity contribution in [3.8, 4) is 0 Å². The average molecular weight is 418 g/mol. The molecule has 0 amide bonds. The van der Waals surface area contributed by atoms with Gasteiger partial charge in [0, 0.05) is 0 Å². The minimum absolute atomic E-state index is 0.0116. The average Bonchev–Trinajstić information content (AvgIpc) is 2.56. The van der Waals surface area contributed by atoms with Gasteiger partial charge in [-0.3, -0.25) is 4.79 Å². The number of halogens is 1. The summed E-state index contributed by atoms with van der Waals surface area (Å²) in [5.41, 5.74) is 2.89. The lowest BCUT2D eigenvalue weighted by Crippen LogP contribution is -2.14. The smallest absolute Gasteiger partial charge is 0.161 e. The zero-order chi connectivity index (χ0) is 19.0. The minimum atomic E-state index is -0.0116. The first-order chi connectivity index (χ1) is 11.3. The molecule has 140 valence electrons. The number of carbonyl (C=O) groups excluding carboxylic acids is 1. The van der Waals surface area contributed by atoms with Crippen LogP contribution in [0.1, 0.15) is 70.9 Å². The molecular formula is C20H37BrNOP. The normalized spacial score (nSPS) is 12.2. The number of rotatable bonds is 7. The maximum atomic E-state index is 10.1. The van der Waals surface area contributed by atoms with E-state index in [1.54, 1.807) is 6.92 Å². The van der Waals surface area contributed by atoms with E-state index in [0.29, 0.717) is 5.92 Å². The van der Waals surface area contributed by atoms with Crippen molar-refractivity contribution in [2.45, 2.75) is 71.5 Å². The van der Waals surface area contributed by atoms with Crippen molar-refractivity contribution in [3.05, 3.63) is 35.4 Å². The van der Waals surface area contributed by atoms with Crippen LogP contribution in [0.15, 0.2) is 24.3 Å². The van der Waals surface area contributed by atoms with Crippen molar-refractivity contribution < 1.29 is 4.79 Å². The van der Waals surface area contributed by atoms with Gasteiger partial charge in [0.15, 0.2) is 5.52 Å². The quantitative estimate of drug-likeness (QED) is 0.331. The van der Waals surface area contributed by atoms with Gasteiger partial charge < -0.3 is 5.32 Å². The molecule has 0 fully saturated rings. The molecule has 2 nitrogen and oxygen atoms in total.